The number of aliphatic carboxylic acids is 1. The number of carboxylic acids is 1. The molecule has 2 aliphatic rings. The molecule has 2 aliphatic heterocycles. The third-order valence-corrected chi connectivity index (χ3v) is 7.02. The van der Waals surface area contributed by atoms with Gasteiger partial charge in [0.05, 0.1) is 19.1 Å². The van der Waals surface area contributed by atoms with Gasteiger partial charge in [0.1, 0.15) is 17.8 Å². The number of nitrogens with two attached hydrogens (primary N) is 3. The number of thiazole rings is 1. The van der Waals surface area contributed by atoms with E-state index in [1.54, 1.807) is 0 Å². The summed E-state index contributed by atoms with van der Waals surface area (Å²) in [5.74, 6) is -3.99. The minimum atomic E-state index is -5.08. The van der Waals surface area contributed by atoms with E-state index in [9.17, 15) is 37.3 Å². The van der Waals surface area contributed by atoms with Gasteiger partial charge in [-0.2, -0.15) is 8.42 Å². The molecule has 9 N–H and O–H groups in total. The number of hydrogen-bond acceptors (Lipinski definition) is 13. The first-order chi connectivity index (χ1) is 18.0. The number of oxime groups is 1. The lowest BCUT2D eigenvalue weighted by Crippen LogP contribution is -2.74. The van der Waals surface area contributed by atoms with Gasteiger partial charge in [0.25, 0.3) is 11.8 Å². The highest BCUT2D eigenvalue weighted by Crippen LogP contribution is 2.27. The number of cyclic esters (lactones) is 1. The quantitative estimate of drug-likeness (QED) is 0.0488. The van der Waals surface area contributed by atoms with E-state index < -0.39 is 70.2 Å². The van der Waals surface area contributed by atoms with Crippen LogP contribution in [0, 0.1) is 0 Å². The predicted octanol–water partition coefficient (Wildman–Crippen LogP) is -3.10. The van der Waals surface area contributed by atoms with E-state index in [2.05, 4.69) is 20.4 Å². The largest absolute Gasteiger partial charge is 0.478 e. The molecule has 3 amide bonds. The van der Waals surface area contributed by atoms with Crippen LogP contribution in [0.15, 0.2) is 15.5 Å². The molecule has 1 aromatic heterocycles. The molecule has 0 bridgehead atoms. The molecule has 0 radical (unpaired) electrons. The Morgan fingerprint density at radius 2 is 2.03 bits per heavy atom. The zero-order valence-electron chi connectivity index (χ0n) is 20.4. The van der Waals surface area contributed by atoms with Gasteiger partial charge in [-0.05, 0) is 13.8 Å². The lowest BCUT2D eigenvalue weighted by atomic mass is 9.97. The molecule has 3 atom stereocenters. The van der Waals surface area contributed by atoms with Crippen LogP contribution in [0.3, 0.4) is 0 Å². The van der Waals surface area contributed by atoms with Crippen LogP contribution in [0.5, 0.6) is 0 Å². The average molecular weight is 592 g/mol. The van der Waals surface area contributed by atoms with Gasteiger partial charge in [-0.25, -0.2) is 23.9 Å². The number of aromatic nitrogens is 1. The highest BCUT2D eigenvalue weighted by molar-refractivity contribution is 7.84. The lowest BCUT2D eigenvalue weighted by Gasteiger charge is -2.45. The summed E-state index contributed by atoms with van der Waals surface area (Å²) in [4.78, 5) is 63.1. The molecule has 0 unspecified atom stereocenters. The Bertz CT molecular complexity index is 1340. The molecule has 3 rings (SSSR count). The Balaban J connectivity index is 1.84. The second-order valence-corrected chi connectivity index (χ2v) is 10.9. The van der Waals surface area contributed by atoms with E-state index in [-0.39, 0.29) is 34.2 Å². The van der Waals surface area contributed by atoms with Crippen LogP contribution in [0.2, 0.25) is 0 Å². The molecule has 2 saturated heterocycles. The van der Waals surface area contributed by atoms with Gasteiger partial charge >= 0.3 is 22.4 Å². The fraction of sp³-hybridized carbons (Fsp3) is 0.500. The number of guanidine groups is 1. The van der Waals surface area contributed by atoms with E-state index >= 15 is 0 Å². The summed E-state index contributed by atoms with van der Waals surface area (Å²) in [5, 5.41) is 16.4. The van der Waals surface area contributed by atoms with Crippen molar-refractivity contribution in [3.63, 3.8) is 0 Å². The monoisotopic (exact) mass is 591 g/mol. The van der Waals surface area contributed by atoms with Crippen LogP contribution < -0.4 is 22.5 Å². The number of β-lactam (4-membered cyclic amide) rings is 1. The summed E-state index contributed by atoms with van der Waals surface area (Å²) in [6.45, 7) is 1.67. The second-order valence-electron chi connectivity index (χ2n) is 8.72. The van der Waals surface area contributed by atoms with Crippen molar-refractivity contribution < 1.29 is 46.8 Å². The molecular formula is C18H25N9O10S2. The molecule has 0 aromatic carbocycles. The van der Waals surface area contributed by atoms with Gasteiger partial charge in [-0.1, -0.05) is 5.16 Å². The van der Waals surface area contributed by atoms with Gasteiger partial charge in [-0.3, -0.25) is 14.1 Å². The minimum Gasteiger partial charge on any atom is -0.478 e. The van der Waals surface area contributed by atoms with Crippen LogP contribution in [0.1, 0.15) is 19.5 Å². The van der Waals surface area contributed by atoms with E-state index in [4.69, 9.17) is 26.8 Å². The molecule has 3 heterocycles. The van der Waals surface area contributed by atoms with Crippen molar-refractivity contribution in [2.45, 2.75) is 37.6 Å². The topological polar surface area (TPSA) is 296 Å². The molecule has 1 aromatic rings. The Morgan fingerprint density at radius 3 is 2.56 bits per heavy atom. The standard InChI is InChI=1S/C18H25N9O10S2/c1-18(2,14(30)31)37-25-10(8-6-38-16(21)23-8)12(28)24-11-9(27(13(11)29)39(33,34)35)5-26-4-7(36-17(26)32)3-22-15(19)20/h6-7,9,11H,3-5H2,1-2H3,(H2,21,23)(H,24,28)(H,30,31)(H4,19,20,22)(H,33,34,35)/b25-10-/t7-,9-,11+/m1/s1. The van der Waals surface area contributed by atoms with E-state index in [1.165, 1.54) is 5.38 Å². The summed E-state index contributed by atoms with van der Waals surface area (Å²) in [6.07, 6.45) is -1.67. The fourth-order valence-corrected chi connectivity index (χ4v) is 4.82. The Hall–Kier alpha value is -4.24. The van der Waals surface area contributed by atoms with Crippen LogP contribution in [0.25, 0.3) is 0 Å². The highest BCUT2D eigenvalue weighted by atomic mass is 32.2. The zero-order valence-corrected chi connectivity index (χ0v) is 22.0. The number of carbonyl (C=O) groups is 4. The maximum atomic E-state index is 13.1. The second kappa shape index (κ2) is 10.9. The number of nitrogens with one attached hydrogen (secondary N) is 1. The molecule has 214 valence electrons. The van der Waals surface area contributed by atoms with E-state index in [1.807, 2.05) is 0 Å². The summed E-state index contributed by atoms with van der Waals surface area (Å²) < 4.78 is 38.4. The lowest BCUT2D eigenvalue weighted by molar-refractivity contribution is -0.161. The van der Waals surface area contributed by atoms with Crippen molar-refractivity contribution in [2.75, 3.05) is 25.4 Å². The van der Waals surface area contributed by atoms with Crippen LogP contribution >= 0.6 is 11.3 Å². The normalized spacial score (nSPS) is 21.7. The molecule has 0 saturated carbocycles. The number of aliphatic imine (C=N–C) groups is 1. The molecule has 2 fully saturated rings. The number of ether oxygens (including phenoxy) is 1. The summed E-state index contributed by atoms with van der Waals surface area (Å²) in [7, 11) is -5.08. The van der Waals surface area contributed by atoms with Crippen LogP contribution in [-0.4, -0.2) is 111 Å². The third-order valence-electron chi connectivity index (χ3n) is 5.40. The minimum absolute atomic E-state index is 0.0287. The van der Waals surface area contributed by atoms with Crippen molar-refractivity contribution in [1.82, 2.24) is 19.5 Å². The number of rotatable bonds is 11. The number of carboxylic acid groups (broad SMARTS) is 1. The summed E-state index contributed by atoms with van der Waals surface area (Å²) in [5.41, 5.74) is 13.6. The smallest absolute Gasteiger partial charge is 0.410 e. The Kier molecular flexibility index (Phi) is 8.16. The first kappa shape index (κ1) is 29.3. The van der Waals surface area contributed by atoms with Gasteiger partial charge in [0, 0.05) is 11.9 Å². The molecule has 0 aliphatic carbocycles. The fourth-order valence-electron chi connectivity index (χ4n) is 3.40. The molecule has 19 nitrogen and oxygen atoms in total. The van der Waals surface area contributed by atoms with Gasteiger partial charge in [0.2, 0.25) is 5.60 Å². The summed E-state index contributed by atoms with van der Waals surface area (Å²) in [6, 6.07) is -3.03. The van der Waals surface area contributed by atoms with Gasteiger partial charge < -0.3 is 42.1 Å². The maximum Gasteiger partial charge on any atom is 0.410 e. The zero-order chi connectivity index (χ0) is 29.3. The highest BCUT2D eigenvalue weighted by Gasteiger charge is 2.55. The van der Waals surface area contributed by atoms with Gasteiger partial charge in [0.15, 0.2) is 16.8 Å². The molecule has 39 heavy (non-hydrogen) atoms. The average Bonchev–Trinajstić information content (AvgIpc) is 3.39. The first-order valence-corrected chi connectivity index (χ1v) is 13.1. The van der Waals surface area contributed by atoms with E-state index in [0.29, 0.717) is 0 Å². The first-order valence-electron chi connectivity index (χ1n) is 10.8. The molecule has 0 spiro atoms. The Morgan fingerprint density at radius 1 is 1.36 bits per heavy atom. The van der Waals surface area contributed by atoms with Crippen LogP contribution in [0.4, 0.5) is 9.93 Å². The van der Waals surface area contributed by atoms with Crippen molar-refractivity contribution in [2.24, 2.45) is 21.6 Å². The Labute approximate surface area is 224 Å². The molecule has 21 heteroatoms. The summed E-state index contributed by atoms with van der Waals surface area (Å²) >= 11 is 0.924. The predicted molar refractivity (Wildman–Crippen MR) is 132 cm³/mol. The number of anilines is 1. The molecular weight excluding hydrogens is 566 g/mol. The van der Waals surface area contributed by atoms with Crippen molar-refractivity contribution in [1.29, 1.82) is 0 Å². The maximum absolute atomic E-state index is 13.1. The van der Waals surface area contributed by atoms with Gasteiger partial charge in [-0.15, -0.1) is 11.3 Å². The van der Waals surface area contributed by atoms with Crippen molar-refractivity contribution in [3.8, 4) is 0 Å². The van der Waals surface area contributed by atoms with Crippen LogP contribution in [-0.2, 0) is 34.3 Å². The van der Waals surface area contributed by atoms with E-state index in [0.717, 1.165) is 30.1 Å². The number of carbonyl (C=O) groups excluding carboxylic acids is 3. The number of nitrogens with zero attached hydrogens (tertiary/aromatic N) is 5. The number of amides is 3. The third kappa shape index (κ3) is 6.61. The van der Waals surface area contributed by atoms with Crippen molar-refractivity contribution >= 4 is 62.3 Å². The SMILES string of the molecule is CC(C)(O/N=C(\C(=O)N[C@@H]1C(=O)N(S(=O)(=O)O)[C@@H]1CN1C[C@@H](CN=C(N)N)OC1=O)c1csc(N)n1)C(=O)O. The number of nitrogen functional groups attached to an aromatic ring is 1. The van der Waals surface area contributed by atoms with Crippen molar-refractivity contribution in [3.05, 3.63) is 11.1 Å². The number of hydrogen-bond donors (Lipinski definition) is 6.